The van der Waals surface area contributed by atoms with Crippen LogP contribution in [0.3, 0.4) is 0 Å². The Kier molecular flexibility index (Phi) is 8.66. The van der Waals surface area contributed by atoms with Crippen molar-refractivity contribution >= 4 is 17.3 Å². The van der Waals surface area contributed by atoms with Gasteiger partial charge in [0, 0.05) is 31.1 Å². The molecule has 0 aliphatic carbocycles. The molecule has 0 radical (unpaired) electrons. The summed E-state index contributed by atoms with van der Waals surface area (Å²) in [6.45, 7) is 2.25. The van der Waals surface area contributed by atoms with E-state index in [1.165, 1.54) is 12.1 Å². The van der Waals surface area contributed by atoms with Crippen LogP contribution in [0.15, 0.2) is 84.0 Å². The predicted octanol–water partition coefficient (Wildman–Crippen LogP) is 5.05. The molecule has 1 heterocycles. The van der Waals surface area contributed by atoms with Crippen LogP contribution < -0.4 is 0 Å². The van der Waals surface area contributed by atoms with Gasteiger partial charge >= 0.3 is 0 Å². The maximum absolute atomic E-state index is 13.2. The van der Waals surface area contributed by atoms with E-state index in [0.717, 1.165) is 22.4 Å². The molecule has 2 atom stereocenters. The Bertz CT molecular complexity index is 1080. The van der Waals surface area contributed by atoms with E-state index in [4.69, 9.17) is 21.2 Å². The first-order valence-electron chi connectivity index (χ1n) is 11.3. The summed E-state index contributed by atoms with van der Waals surface area (Å²) in [5.41, 5.74) is 3.75. The molecule has 3 aromatic carbocycles. The molecule has 1 aliphatic rings. The zero-order valence-corrected chi connectivity index (χ0v) is 19.6. The number of hydrogen-bond donors (Lipinski definition) is 1. The first-order valence-corrected chi connectivity index (χ1v) is 11.7. The normalized spacial score (nSPS) is 16.4. The lowest BCUT2D eigenvalue weighted by atomic mass is 10.0. The minimum absolute atomic E-state index is 0.170. The second-order valence-electron chi connectivity index (χ2n) is 8.45. The summed E-state index contributed by atoms with van der Waals surface area (Å²) in [6.07, 6.45) is -0.225. The first-order chi connectivity index (χ1) is 16.5. The number of oxime groups is 1. The molecule has 0 spiro atoms. The Morgan fingerprint density at radius 1 is 1.06 bits per heavy atom. The molecule has 1 N–H and O–H groups in total. The molecule has 3 aromatic rings. The maximum Gasteiger partial charge on any atom is 0.145 e. The van der Waals surface area contributed by atoms with Gasteiger partial charge in [-0.3, -0.25) is 4.90 Å². The molecule has 0 bridgehead atoms. The highest BCUT2D eigenvalue weighted by atomic mass is 35.5. The summed E-state index contributed by atoms with van der Waals surface area (Å²) in [5, 5.41) is 15.5. The van der Waals surface area contributed by atoms with Gasteiger partial charge in [-0.1, -0.05) is 71.4 Å². The second-order valence-corrected chi connectivity index (χ2v) is 8.89. The molecule has 1 aliphatic heterocycles. The highest BCUT2D eigenvalue weighted by Crippen LogP contribution is 2.20. The Morgan fingerprint density at radius 3 is 2.59 bits per heavy atom. The Morgan fingerprint density at radius 2 is 1.82 bits per heavy atom. The van der Waals surface area contributed by atoms with Gasteiger partial charge < -0.3 is 14.7 Å². The number of nitrogens with zero attached hydrogens (tertiary/aromatic N) is 2. The van der Waals surface area contributed by atoms with Crippen LogP contribution >= 0.6 is 11.6 Å². The summed E-state index contributed by atoms with van der Waals surface area (Å²) in [7, 11) is 0. The Hall–Kier alpha value is -2.77. The summed E-state index contributed by atoms with van der Waals surface area (Å²) in [4.78, 5) is 7.80. The topological polar surface area (TPSA) is 54.3 Å². The molecular formula is C27H28ClFN2O3. The van der Waals surface area contributed by atoms with Crippen LogP contribution in [0.5, 0.6) is 0 Å². The fraction of sp³-hybridized carbons (Fsp3) is 0.296. The molecule has 5 nitrogen and oxygen atoms in total. The molecule has 0 saturated heterocycles. The Labute approximate surface area is 204 Å². The number of halogens is 2. The Balaban J connectivity index is 1.34. The van der Waals surface area contributed by atoms with Crippen LogP contribution in [0.4, 0.5) is 4.39 Å². The average Bonchev–Trinajstić information content (AvgIpc) is 3.28. The number of aliphatic hydroxyl groups excluding tert-OH is 1. The van der Waals surface area contributed by atoms with E-state index >= 15 is 0 Å². The lowest BCUT2D eigenvalue weighted by molar-refractivity contribution is -0.00648. The van der Waals surface area contributed by atoms with E-state index in [1.807, 2.05) is 54.6 Å². The molecule has 178 valence electrons. The van der Waals surface area contributed by atoms with Crippen molar-refractivity contribution in [3.63, 3.8) is 0 Å². The average molecular weight is 483 g/mol. The molecule has 0 aromatic heterocycles. The fourth-order valence-corrected chi connectivity index (χ4v) is 4.17. The molecule has 0 fully saturated rings. The van der Waals surface area contributed by atoms with Gasteiger partial charge in [-0.05, 0) is 41.0 Å². The lowest BCUT2D eigenvalue weighted by Gasteiger charge is -2.27. The van der Waals surface area contributed by atoms with Crippen molar-refractivity contribution in [3.8, 4) is 0 Å². The largest absolute Gasteiger partial charge is 0.390 e. The molecule has 0 amide bonds. The van der Waals surface area contributed by atoms with Crippen LogP contribution in [-0.2, 0) is 22.7 Å². The fourth-order valence-electron chi connectivity index (χ4n) is 3.96. The van der Waals surface area contributed by atoms with Crippen LogP contribution in [0.25, 0.3) is 0 Å². The summed E-state index contributed by atoms with van der Waals surface area (Å²) >= 11 is 6.17. The molecule has 4 rings (SSSR count). The van der Waals surface area contributed by atoms with Gasteiger partial charge in [0.25, 0.3) is 0 Å². The highest BCUT2D eigenvalue weighted by molar-refractivity contribution is 6.30. The summed E-state index contributed by atoms with van der Waals surface area (Å²) in [6, 6.07) is 23.8. The maximum atomic E-state index is 13.2. The third-order valence-electron chi connectivity index (χ3n) is 5.56. The van der Waals surface area contributed by atoms with E-state index in [-0.39, 0.29) is 18.5 Å². The van der Waals surface area contributed by atoms with Crippen molar-refractivity contribution in [1.29, 1.82) is 0 Å². The van der Waals surface area contributed by atoms with Gasteiger partial charge in [0.05, 0.1) is 25.0 Å². The number of aliphatic hydroxyl groups is 1. The van der Waals surface area contributed by atoms with Gasteiger partial charge in [0.15, 0.2) is 0 Å². The smallest absolute Gasteiger partial charge is 0.145 e. The number of ether oxygens (including phenoxy) is 1. The lowest BCUT2D eigenvalue weighted by Crippen LogP contribution is -2.39. The van der Waals surface area contributed by atoms with Gasteiger partial charge in [0.2, 0.25) is 0 Å². The van der Waals surface area contributed by atoms with E-state index in [0.29, 0.717) is 37.7 Å². The molecular weight excluding hydrogens is 455 g/mol. The van der Waals surface area contributed by atoms with Crippen LogP contribution in [0.1, 0.15) is 23.1 Å². The van der Waals surface area contributed by atoms with Crippen LogP contribution in [0, 0.1) is 5.82 Å². The number of rotatable bonds is 11. The highest BCUT2D eigenvalue weighted by Gasteiger charge is 2.26. The molecule has 0 unspecified atom stereocenters. The first kappa shape index (κ1) is 24.4. The SMILES string of the molecule is O[C@H](COCc1ccccc1)CN(Cc1cccc(Cl)c1)C[C@H]1CC(c2ccc(F)cc2)=NO1. The summed E-state index contributed by atoms with van der Waals surface area (Å²) < 4.78 is 19.0. The van der Waals surface area contributed by atoms with Gasteiger partial charge in [-0.2, -0.15) is 0 Å². The zero-order valence-electron chi connectivity index (χ0n) is 18.8. The van der Waals surface area contributed by atoms with Gasteiger partial charge in [-0.25, -0.2) is 4.39 Å². The van der Waals surface area contributed by atoms with Crippen molar-refractivity contribution in [3.05, 3.63) is 106 Å². The second kappa shape index (κ2) is 12.1. The minimum atomic E-state index is -0.665. The third-order valence-corrected chi connectivity index (χ3v) is 5.79. The van der Waals surface area contributed by atoms with E-state index in [9.17, 15) is 9.50 Å². The van der Waals surface area contributed by atoms with E-state index < -0.39 is 6.10 Å². The standard InChI is InChI=1S/C27H28ClFN2O3/c28-23-8-4-7-21(13-23)15-31(16-25(32)19-33-18-20-5-2-1-3-6-20)17-26-14-27(30-34-26)22-9-11-24(29)12-10-22/h1-13,25-26,32H,14-19H2/t25-,26+/m0/s1. The van der Waals surface area contributed by atoms with Crippen LogP contribution in [0.2, 0.25) is 5.02 Å². The van der Waals surface area contributed by atoms with Crippen molar-refractivity contribution in [2.45, 2.75) is 31.8 Å². The molecule has 34 heavy (non-hydrogen) atoms. The van der Waals surface area contributed by atoms with Crippen LogP contribution in [-0.4, -0.2) is 47.6 Å². The molecule has 7 heteroatoms. The van der Waals surface area contributed by atoms with E-state index in [1.54, 1.807) is 12.1 Å². The van der Waals surface area contributed by atoms with Crippen molar-refractivity contribution in [2.75, 3.05) is 19.7 Å². The van der Waals surface area contributed by atoms with Crippen molar-refractivity contribution in [2.24, 2.45) is 5.16 Å². The summed E-state index contributed by atoms with van der Waals surface area (Å²) in [5.74, 6) is -0.281. The number of hydrogen-bond acceptors (Lipinski definition) is 5. The van der Waals surface area contributed by atoms with Crippen molar-refractivity contribution in [1.82, 2.24) is 4.90 Å². The van der Waals surface area contributed by atoms with Gasteiger partial charge in [0.1, 0.15) is 11.9 Å². The minimum Gasteiger partial charge on any atom is -0.390 e. The van der Waals surface area contributed by atoms with Gasteiger partial charge in [-0.15, -0.1) is 0 Å². The number of benzene rings is 3. The third kappa shape index (κ3) is 7.37. The predicted molar refractivity (Wildman–Crippen MR) is 131 cm³/mol. The molecule has 0 saturated carbocycles. The monoisotopic (exact) mass is 482 g/mol. The van der Waals surface area contributed by atoms with Crippen molar-refractivity contribution < 1.29 is 19.1 Å². The van der Waals surface area contributed by atoms with E-state index in [2.05, 4.69) is 10.1 Å². The quantitative estimate of drug-likeness (QED) is 0.415. The zero-order chi connectivity index (χ0) is 23.8.